The lowest BCUT2D eigenvalue weighted by Crippen LogP contribution is -2.58. The van der Waals surface area contributed by atoms with Gasteiger partial charge in [0.2, 0.25) is 11.8 Å². The zero-order chi connectivity index (χ0) is 15.6. The van der Waals surface area contributed by atoms with E-state index in [1.807, 2.05) is 33.0 Å². The van der Waals surface area contributed by atoms with E-state index in [0.717, 1.165) is 5.56 Å². The first-order chi connectivity index (χ1) is 9.97. The molecule has 1 heterocycles. The van der Waals surface area contributed by atoms with Gasteiger partial charge in [0.1, 0.15) is 11.8 Å². The van der Waals surface area contributed by atoms with Crippen LogP contribution in [-0.2, 0) is 9.59 Å². The van der Waals surface area contributed by atoms with E-state index in [0.29, 0.717) is 12.1 Å². The lowest BCUT2D eigenvalue weighted by Gasteiger charge is -2.35. The van der Waals surface area contributed by atoms with Crippen LogP contribution in [0.15, 0.2) is 18.2 Å². The molecular formula is C15H21N3O3. The molecule has 21 heavy (non-hydrogen) atoms. The quantitative estimate of drug-likeness (QED) is 0.719. The molecular weight excluding hydrogens is 270 g/mol. The molecule has 114 valence electrons. The van der Waals surface area contributed by atoms with E-state index in [4.69, 9.17) is 0 Å². The van der Waals surface area contributed by atoms with Crippen LogP contribution in [0.4, 0.5) is 5.69 Å². The number of imide groups is 1. The molecule has 0 radical (unpaired) electrons. The predicted molar refractivity (Wildman–Crippen MR) is 80.2 cm³/mol. The van der Waals surface area contributed by atoms with Crippen LogP contribution in [-0.4, -0.2) is 36.6 Å². The third kappa shape index (κ3) is 3.00. The van der Waals surface area contributed by atoms with E-state index >= 15 is 0 Å². The van der Waals surface area contributed by atoms with Gasteiger partial charge in [-0.05, 0) is 26.5 Å². The van der Waals surface area contributed by atoms with E-state index in [1.165, 1.54) is 0 Å². The second-order valence-corrected chi connectivity index (χ2v) is 5.22. The number of carbonyl (C=O) groups excluding carboxylic acids is 2. The largest absolute Gasteiger partial charge is 0.508 e. The van der Waals surface area contributed by atoms with Crippen molar-refractivity contribution >= 4 is 17.5 Å². The number of rotatable bonds is 4. The normalized spacial score (nSPS) is 20.3. The Bertz CT molecular complexity index is 559. The molecule has 0 bridgehead atoms. The van der Waals surface area contributed by atoms with Crippen molar-refractivity contribution in [2.45, 2.75) is 32.4 Å². The Hall–Kier alpha value is -2.08. The SMILES string of the molecule is CCC1C(=O)NC(=O)CN1c1ccc(C(C)NC)c(O)c1. The van der Waals surface area contributed by atoms with Crippen molar-refractivity contribution in [1.82, 2.24) is 10.6 Å². The molecule has 0 aromatic heterocycles. The van der Waals surface area contributed by atoms with Crippen LogP contribution >= 0.6 is 0 Å². The molecule has 1 aromatic rings. The van der Waals surface area contributed by atoms with Gasteiger partial charge >= 0.3 is 0 Å². The minimum absolute atomic E-state index is 0.0207. The lowest BCUT2D eigenvalue weighted by atomic mass is 10.0. The van der Waals surface area contributed by atoms with Crippen LogP contribution in [0, 0.1) is 0 Å². The number of piperazine rings is 1. The molecule has 1 aromatic carbocycles. The molecule has 6 heteroatoms. The molecule has 2 amide bonds. The van der Waals surface area contributed by atoms with E-state index in [-0.39, 0.29) is 30.2 Å². The Morgan fingerprint density at radius 1 is 1.48 bits per heavy atom. The maximum atomic E-state index is 11.9. The van der Waals surface area contributed by atoms with Crippen LogP contribution in [0.25, 0.3) is 0 Å². The standard InChI is InChI=1S/C15H21N3O3/c1-4-12-15(21)17-14(20)8-18(12)10-5-6-11(9(2)16-3)13(19)7-10/h5-7,9,12,16,19H,4,8H2,1-3H3,(H,17,20,21). The van der Waals surface area contributed by atoms with Crippen molar-refractivity contribution in [3.8, 4) is 5.75 Å². The Labute approximate surface area is 124 Å². The zero-order valence-electron chi connectivity index (χ0n) is 12.5. The van der Waals surface area contributed by atoms with Crippen molar-refractivity contribution < 1.29 is 14.7 Å². The Morgan fingerprint density at radius 2 is 2.19 bits per heavy atom. The zero-order valence-corrected chi connectivity index (χ0v) is 12.5. The minimum Gasteiger partial charge on any atom is -0.508 e. The second-order valence-electron chi connectivity index (χ2n) is 5.22. The van der Waals surface area contributed by atoms with Gasteiger partial charge in [0.25, 0.3) is 0 Å². The maximum Gasteiger partial charge on any atom is 0.249 e. The summed E-state index contributed by atoms with van der Waals surface area (Å²) in [5, 5.41) is 15.6. The number of nitrogens with one attached hydrogen (secondary N) is 2. The van der Waals surface area contributed by atoms with Gasteiger partial charge in [-0.25, -0.2) is 0 Å². The number of nitrogens with zero attached hydrogens (tertiary/aromatic N) is 1. The molecule has 0 aliphatic carbocycles. The van der Waals surface area contributed by atoms with Gasteiger partial charge < -0.3 is 15.3 Å². The van der Waals surface area contributed by atoms with Gasteiger partial charge in [0, 0.05) is 23.4 Å². The Morgan fingerprint density at radius 3 is 2.76 bits per heavy atom. The highest BCUT2D eigenvalue weighted by Crippen LogP contribution is 2.30. The molecule has 1 aliphatic rings. The summed E-state index contributed by atoms with van der Waals surface area (Å²) < 4.78 is 0. The van der Waals surface area contributed by atoms with E-state index in [2.05, 4.69) is 10.6 Å². The summed E-state index contributed by atoms with van der Waals surface area (Å²) in [4.78, 5) is 25.2. The number of carbonyl (C=O) groups is 2. The van der Waals surface area contributed by atoms with Gasteiger partial charge in [-0.15, -0.1) is 0 Å². The number of phenolic OH excluding ortho intramolecular Hbond substituents is 1. The number of benzene rings is 1. The molecule has 1 saturated heterocycles. The van der Waals surface area contributed by atoms with Crippen molar-refractivity contribution in [3.05, 3.63) is 23.8 Å². The van der Waals surface area contributed by atoms with Gasteiger partial charge in [-0.3, -0.25) is 14.9 Å². The molecule has 2 rings (SSSR count). The number of phenols is 1. The number of hydrogen-bond donors (Lipinski definition) is 3. The average molecular weight is 291 g/mol. The van der Waals surface area contributed by atoms with E-state index < -0.39 is 6.04 Å². The van der Waals surface area contributed by atoms with Crippen molar-refractivity contribution in [3.63, 3.8) is 0 Å². The predicted octanol–water partition coefficient (Wildman–Crippen LogP) is 0.914. The fraction of sp³-hybridized carbons (Fsp3) is 0.467. The highest BCUT2D eigenvalue weighted by molar-refractivity contribution is 6.04. The summed E-state index contributed by atoms with van der Waals surface area (Å²) in [5.74, 6) is -0.458. The maximum absolute atomic E-state index is 11.9. The molecule has 6 nitrogen and oxygen atoms in total. The lowest BCUT2D eigenvalue weighted by molar-refractivity contribution is -0.132. The molecule has 3 N–H and O–H groups in total. The summed E-state index contributed by atoms with van der Waals surface area (Å²) in [5.41, 5.74) is 1.46. The molecule has 2 atom stereocenters. The van der Waals surface area contributed by atoms with E-state index in [9.17, 15) is 14.7 Å². The number of hydrogen-bond acceptors (Lipinski definition) is 5. The van der Waals surface area contributed by atoms with E-state index in [1.54, 1.807) is 11.0 Å². The Kier molecular flexibility index (Phi) is 4.47. The van der Waals surface area contributed by atoms with Gasteiger partial charge in [0.15, 0.2) is 0 Å². The Balaban J connectivity index is 2.34. The smallest absolute Gasteiger partial charge is 0.249 e. The van der Waals surface area contributed by atoms with Gasteiger partial charge in [-0.1, -0.05) is 13.0 Å². The first-order valence-corrected chi connectivity index (χ1v) is 7.08. The van der Waals surface area contributed by atoms with Crippen molar-refractivity contribution in [1.29, 1.82) is 0 Å². The highest BCUT2D eigenvalue weighted by Gasteiger charge is 2.32. The van der Waals surface area contributed by atoms with Crippen LogP contribution in [0.5, 0.6) is 5.75 Å². The van der Waals surface area contributed by atoms with Gasteiger partial charge in [0.05, 0.1) is 6.54 Å². The highest BCUT2D eigenvalue weighted by atomic mass is 16.3. The molecule has 0 spiro atoms. The summed E-state index contributed by atoms with van der Waals surface area (Å²) in [7, 11) is 1.82. The summed E-state index contributed by atoms with van der Waals surface area (Å²) >= 11 is 0. The molecule has 2 unspecified atom stereocenters. The van der Waals surface area contributed by atoms with Crippen LogP contribution in [0.3, 0.4) is 0 Å². The first-order valence-electron chi connectivity index (χ1n) is 7.08. The average Bonchev–Trinajstić information content (AvgIpc) is 2.45. The minimum atomic E-state index is -0.394. The molecule has 1 aliphatic heterocycles. The summed E-state index contributed by atoms with van der Waals surface area (Å²) in [6, 6.07) is 4.88. The van der Waals surface area contributed by atoms with Crippen LogP contribution in [0.1, 0.15) is 31.9 Å². The van der Waals surface area contributed by atoms with Gasteiger partial charge in [-0.2, -0.15) is 0 Å². The number of anilines is 1. The first kappa shape index (κ1) is 15.3. The number of aromatic hydroxyl groups is 1. The summed E-state index contributed by atoms with van der Waals surface area (Å²) in [6.07, 6.45) is 0.592. The summed E-state index contributed by atoms with van der Waals surface area (Å²) in [6.45, 7) is 3.95. The molecule has 1 fully saturated rings. The fourth-order valence-electron chi connectivity index (χ4n) is 2.58. The van der Waals surface area contributed by atoms with Crippen LogP contribution < -0.4 is 15.5 Å². The second kappa shape index (κ2) is 6.13. The van der Waals surface area contributed by atoms with Crippen molar-refractivity contribution in [2.24, 2.45) is 0 Å². The third-order valence-electron chi connectivity index (χ3n) is 3.89. The molecule has 0 saturated carbocycles. The monoisotopic (exact) mass is 291 g/mol. The number of amides is 2. The van der Waals surface area contributed by atoms with Crippen molar-refractivity contribution in [2.75, 3.05) is 18.5 Å². The fourth-order valence-corrected chi connectivity index (χ4v) is 2.58. The third-order valence-corrected chi connectivity index (χ3v) is 3.89. The van der Waals surface area contributed by atoms with Crippen LogP contribution in [0.2, 0.25) is 0 Å². The topological polar surface area (TPSA) is 81.7 Å².